The van der Waals surface area contributed by atoms with Gasteiger partial charge in [0.05, 0.1) is 11.0 Å². The Labute approximate surface area is 122 Å². The van der Waals surface area contributed by atoms with Crippen molar-refractivity contribution in [2.45, 2.75) is 26.3 Å². The number of nitro groups is 1. The second-order valence-corrected chi connectivity index (χ2v) is 4.93. The van der Waals surface area contributed by atoms with Gasteiger partial charge in [-0.2, -0.15) is 0 Å². The SMILES string of the molecule is CCC(Nc1cc(C)ccc1[N+](=O)[O-])c1ccc(F)cc1. The molecular formula is C16H17FN2O2. The van der Waals surface area contributed by atoms with E-state index in [1.807, 2.05) is 13.8 Å². The molecule has 2 aromatic carbocycles. The van der Waals surface area contributed by atoms with Crippen LogP contribution in [0.1, 0.15) is 30.5 Å². The highest BCUT2D eigenvalue weighted by atomic mass is 19.1. The summed E-state index contributed by atoms with van der Waals surface area (Å²) in [4.78, 5) is 10.7. The van der Waals surface area contributed by atoms with E-state index in [2.05, 4.69) is 5.32 Å². The van der Waals surface area contributed by atoms with Crippen LogP contribution in [0.2, 0.25) is 0 Å². The van der Waals surface area contributed by atoms with Gasteiger partial charge in [-0.25, -0.2) is 4.39 Å². The maximum absolute atomic E-state index is 13.0. The monoisotopic (exact) mass is 288 g/mol. The fourth-order valence-corrected chi connectivity index (χ4v) is 2.23. The van der Waals surface area contributed by atoms with Gasteiger partial charge in [0.2, 0.25) is 0 Å². The highest BCUT2D eigenvalue weighted by Gasteiger charge is 2.17. The molecule has 0 aliphatic heterocycles. The zero-order valence-electron chi connectivity index (χ0n) is 12.0. The molecule has 0 aliphatic carbocycles. The van der Waals surface area contributed by atoms with Crippen molar-refractivity contribution < 1.29 is 9.31 Å². The number of anilines is 1. The van der Waals surface area contributed by atoms with Crippen molar-refractivity contribution in [2.75, 3.05) is 5.32 Å². The predicted octanol–water partition coefficient (Wildman–Crippen LogP) is 4.61. The molecule has 1 atom stereocenters. The third-order valence-electron chi connectivity index (χ3n) is 3.36. The molecule has 1 N–H and O–H groups in total. The second kappa shape index (κ2) is 6.35. The summed E-state index contributed by atoms with van der Waals surface area (Å²) in [6.07, 6.45) is 0.733. The molecule has 1 unspecified atom stereocenters. The van der Waals surface area contributed by atoms with Crippen LogP contribution in [-0.4, -0.2) is 4.92 Å². The third kappa shape index (κ3) is 3.56. The lowest BCUT2D eigenvalue weighted by molar-refractivity contribution is -0.384. The highest BCUT2D eigenvalue weighted by Crippen LogP contribution is 2.30. The molecule has 0 fully saturated rings. The Kier molecular flexibility index (Phi) is 4.52. The fraction of sp³-hybridized carbons (Fsp3) is 0.250. The Balaban J connectivity index is 2.32. The lowest BCUT2D eigenvalue weighted by atomic mass is 10.0. The molecule has 21 heavy (non-hydrogen) atoms. The van der Waals surface area contributed by atoms with Crippen LogP contribution in [0.3, 0.4) is 0 Å². The molecule has 0 saturated heterocycles. The van der Waals surface area contributed by atoms with Crippen LogP contribution < -0.4 is 5.32 Å². The van der Waals surface area contributed by atoms with E-state index in [0.29, 0.717) is 5.69 Å². The van der Waals surface area contributed by atoms with Crippen molar-refractivity contribution >= 4 is 11.4 Å². The number of hydrogen-bond acceptors (Lipinski definition) is 3. The smallest absolute Gasteiger partial charge is 0.292 e. The van der Waals surface area contributed by atoms with Crippen LogP contribution in [0, 0.1) is 22.9 Å². The van der Waals surface area contributed by atoms with Crippen molar-refractivity contribution in [3.8, 4) is 0 Å². The van der Waals surface area contributed by atoms with Crippen molar-refractivity contribution in [3.63, 3.8) is 0 Å². The number of halogens is 1. The van der Waals surface area contributed by atoms with Crippen LogP contribution in [-0.2, 0) is 0 Å². The van der Waals surface area contributed by atoms with Crippen molar-refractivity contribution in [2.24, 2.45) is 0 Å². The Morgan fingerprint density at radius 2 is 1.90 bits per heavy atom. The zero-order valence-corrected chi connectivity index (χ0v) is 12.0. The molecule has 0 saturated carbocycles. The Bertz CT molecular complexity index is 641. The molecule has 2 rings (SSSR count). The van der Waals surface area contributed by atoms with Gasteiger partial charge in [0.1, 0.15) is 11.5 Å². The van der Waals surface area contributed by atoms with E-state index in [1.165, 1.54) is 18.2 Å². The van der Waals surface area contributed by atoms with Gasteiger partial charge in [-0.1, -0.05) is 25.1 Å². The maximum atomic E-state index is 13.0. The Hall–Kier alpha value is -2.43. The van der Waals surface area contributed by atoms with Crippen LogP contribution >= 0.6 is 0 Å². The number of nitrogens with zero attached hydrogens (tertiary/aromatic N) is 1. The summed E-state index contributed by atoms with van der Waals surface area (Å²) >= 11 is 0. The van der Waals surface area contributed by atoms with Crippen LogP contribution in [0.15, 0.2) is 42.5 Å². The van der Waals surface area contributed by atoms with Gasteiger partial charge in [-0.15, -0.1) is 0 Å². The van der Waals surface area contributed by atoms with Crippen molar-refractivity contribution in [3.05, 3.63) is 69.5 Å². The number of benzene rings is 2. The van der Waals surface area contributed by atoms with Crippen LogP contribution in [0.5, 0.6) is 0 Å². The lowest BCUT2D eigenvalue weighted by Gasteiger charge is -2.19. The summed E-state index contributed by atoms with van der Waals surface area (Å²) in [6, 6.07) is 11.0. The molecule has 5 heteroatoms. The average Bonchev–Trinajstić information content (AvgIpc) is 2.45. The zero-order chi connectivity index (χ0) is 15.4. The molecule has 0 radical (unpaired) electrons. The van der Waals surface area contributed by atoms with E-state index in [0.717, 1.165) is 17.5 Å². The molecule has 4 nitrogen and oxygen atoms in total. The number of nitro benzene ring substituents is 1. The van der Waals surface area contributed by atoms with Gasteiger partial charge >= 0.3 is 0 Å². The minimum atomic E-state index is -0.404. The van der Waals surface area contributed by atoms with Crippen LogP contribution in [0.4, 0.5) is 15.8 Å². The first-order valence-corrected chi connectivity index (χ1v) is 6.78. The van der Waals surface area contributed by atoms with Gasteiger partial charge in [0.15, 0.2) is 0 Å². The summed E-state index contributed by atoms with van der Waals surface area (Å²) in [6.45, 7) is 3.86. The first-order chi connectivity index (χ1) is 10.0. The standard InChI is InChI=1S/C16H17FN2O2/c1-3-14(12-5-7-13(17)8-6-12)18-15-10-11(2)4-9-16(15)19(20)21/h4-10,14,18H,3H2,1-2H3. The summed E-state index contributed by atoms with van der Waals surface area (Å²) in [5.41, 5.74) is 2.36. The quantitative estimate of drug-likeness (QED) is 0.646. The summed E-state index contributed by atoms with van der Waals surface area (Å²) in [5, 5.41) is 14.3. The average molecular weight is 288 g/mol. The second-order valence-electron chi connectivity index (χ2n) is 4.93. The van der Waals surface area contributed by atoms with Gasteiger partial charge in [0, 0.05) is 6.07 Å². The van der Waals surface area contributed by atoms with Gasteiger partial charge in [-0.3, -0.25) is 10.1 Å². The molecule has 0 bridgehead atoms. The summed E-state index contributed by atoms with van der Waals surface area (Å²) in [5.74, 6) is -0.296. The van der Waals surface area contributed by atoms with Crippen LogP contribution in [0.25, 0.3) is 0 Å². The van der Waals surface area contributed by atoms with Crippen molar-refractivity contribution in [1.82, 2.24) is 0 Å². The van der Waals surface area contributed by atoms with Crippen molar-refractivity contribution in [1.29, 1.82) is 0 Å². The van der Waals surface area contributed by atoms with E-state index in [9.17, 15) is 14.5 Å². The highest BCUT2D eigenvalue weighted by molar-refractivity contribution is 5.63. The maximum Gasteiger partial charge on any atom is 0.292 e. The normalized spacial score (nSPS) is 12.0. The van der Waals surface area contributed by atoms with E-state index >= 15 is 0 Å². The van der Waals surface area contributed by atoms with Gasteiger partial charge in [0.25, 0.3) is 5.69 Å². The number of rotatable bonds is 5. The minimum absolute atomic E-state index is 0.0427. The first-order valence-electron chi connectivity index (χ1n) is 6.78. The summed E-state index contributed by atoms with van der Waals surface area (Å²) < 4.78 is 13.0. The number of nitrogens with one attached hydrogen (secondary N) is 1. The van der Waals surface area contributed by atoms with E-state index in [1.54, 1.807) is 24.3 Å². The fourth-order valence-electron chi connectivity index (χ4n) is 2.23. The molecule has 0 amide bonds. The predicted molar refractivity (Wildman–Crippen MR) is 80.9 cm³/mol. The number of aryl methyl sites for hydroxylation is 1. The Morgan fingerprint density at radius 3 is 2.48 bits per heavy atom. The van der Waals surface area contributed by atoms with E-state index < -0.39 is 4.92 Å². The molecule has 0 heterocycles. The third-order valence-corrected chi connectivity index (χ3v) is 3.36. The molecule has 0 spiro atoms. The Morgan fingerprint density at radius 1 is 1.24 bits per heavy atom. The number of hydrogen-bond donors (Lipinski definition) is 1. The molecular weight excluding hydrogens is 271 g/mol. The lowest BCUT2D eigenvalue weighted by Crippen LogP contribution is -2.11. The largest absolute Gasteiger partial charge is 0.373 e. The first kappa shape index (κ1) is 15.0. The minimum Gasteiger partial charge on any atom is -0.373 e. The summed E-state index contributed by atoms with van der Waals surface area (Å²) in [7, 11) is 0. The van der Waals surface area contributed by atoms with E-state index in [4.69, 9.17) is 0 Å². The molecule has 0 aliphatic rings. The van der Waals surface area contributed by atoms with Gasteiger partial charge in [-0.05, 0) is 42.7 Å². The molecule has 2 aromatic rings. The molecule has 0 aromatic heterocycles. The molecule has 110 valence electrons. The van der Waals surface area contributed by atoms with Gasteiger partial charge < -0.3 is 5.32 Å². The van der Waals surface area contributed by atoms with E-state index in [-0.39, 0.29) is 17.5 Å². The topological polar surface area (TPSA) is 55.2 Å².